The van der Waals surface area contributed by atoms with E-state index in [1.807, 2.05) is 18.2 Å². The molecule has 1 aromatic carbocycles. The fourth-order valence-corrected chi connectivity index (χ4v) is 2.96. The first kappa shape index (κ1) is 11.5. The molecular weight excluding hydrogens is 246 g/mol. The number of aromatic amines is 1. The molecule has 100 valence electrons. The van der Waals surface area contributed by atoms with Gasteiger partial charge in [-0.05, 0) is 30.0 Å². The molecule has 0 aliphatic rings. The first-order chi connectivity index (χ1) is 9.79. The molecule has 1 atom stereocenters. The smallest absolute Gasteiger partial charge is 0.143 e. The molecule has 0 amide bonds. The van der Waals surface area contributed by atoms with Crippen LogP contribution in [0.2, 0.25) is 0 Å². The van der Waals surface area contributed by atoms with E-state index in [2.05, 4.69) is 47.6 Å². The standard InChI is InChI=1S/C17H17N3/c1-3-11(2)12-7-6-8-13-15(12)19-17-16(13)18-14-9-4-5-10-20(14)17/h4-11,19H,3H2,1-2H3. The number of aromatic nitrogens is 3. The van der Waals surface area contributed by atoms with Gasteiger partial charge in [0.05, 0.1) is 5.52 Å². The van der Waals surface area contributed by atoms with E-state index in [0.717, 1.165) is 23.2 Å². The van der Waals surface area contributed by atoms with Crippen LogP contribution in [0.15, 0.2) is 42.6 Å². The van der Waals surface area contributed by atoms with Crippen LogP contribution in [-0.4, -0.2) is 14.4 Å². The fraction of sp³-hybridized carbons (Fsp3) is 0.235. The quantitative estimate of drug-likeness (QED) is 0.568. The maximum absolute atomic E-state index is 4.76. The predicted octanol–water partition coefficient (Wildman–Crippen LogP) is 4.48. The SMILES string of the molecule is CCC(C)c1cccc2c1[nH]c1c2nc2ccccn21. The van der Waals surface area contributed by atoms with Crippen LogP contribution >= 0.6 is 0 Å². The third kappa shape index (κ3) is 1.43. The number of rotatable bonds is 2. The van der Waals surface area contributed by atoms with Crippen molar-refractivity contribution >= 4 is 27.7 Å². The van der Waals surface area contributed by atoms with Crippen LogP contribution in [0.25, 0.3) is 27.7 Å². The van der Waals surface area contributed by atoms with Crippen molar-refractivity contribution in [2.24, 2.45) is 0 Å². The Labute approximate surface area is 117 Å². The average Bonchev–Trinajstić information content (AvgIpc) is 3.02. The first-order valence-corrected chi connectivity index (χ1v) is 7.17. The average molecular weight is 263 g/mol. The molecule has 0 aliphatic heterocycles. The van der Waals surface area contributed by atoms with E-state index >= 15 is 0 Å². The van der Waals surface area contributed by atoms with Gasteiger partial charge in [-0.1, -0.05) is 38.1 Å². The van der Waals surface area contributed by atoms with E-state index in [9.17, 15) is 0 Å². The highest BCUT2D eigenvalue weighted by Gasteiger charge is 2.15. The molecule has 1 unspecified atom stereocenters. The second-order valence-electron chi connectivity index (χ2n) is 5.44. The van der Waals surface area contributed by atoms with Gasteiger partial charge in [0.2, 0.25) is 0 Å². The van der Waals surface area contributed by atoms with Gasteiger partial charge in [0.1, 0.15) is 16.8 Å². The summed E-state index contributed by atoms with van der Waals surface area (Å²) >= 11 is 0. The lowest BCUT2D eigenvalue weighted by Crippen LogP contribution is -1.92. The minimum atomic E-state index is 0.553. The van der Waals surface area contributed by atoms with Crippen molar-refractivity contribution in [2.75, 3.05) is 0 Å². The van der Waals surface area contributed by atoms with Crippen molar-refractivity contribution in [1.82, 2.24) is 14.4 Å². The lowest BCUT2D eigenvalue weighted by atomic mass is 9.97. The molecule has 0 fully saturated rings. The van der Waals surface area contributed by atoms with E-state index in [-0.39, 0.29) is 0 Å². The van der Waals surface area contributed by atoms with Gasteiger partial charge in [0.25, 0.3) is 0 Å². The van der Waals surface area contributed by atoms with Crippen molar-refractivity contribution in [1.29, 1.82) is 0 Å². The number of hydrogen-bond donors (Lipinski definition) is 1. The number of nitrogens with one attached hydrogen (secondary N) is 1. The fourth-order valence-electron chi connectivity index (χ4n) is 2.96. The normalized spacial score (nSPS) is 13.5. The highest BCUT2D eigenvalue weighted by atomic mass is 15.1. The molecule has 0 saturated heterocycles. The number of nitrogens with zero attached hydrogens (tertiary/aromatic N) is 2. The Morgan fingerprint density at radius 2 is 2.10 bits per heavy atom. The molecule has 0 bridgehead atoms. The van der Waals surface area contributed by atoms with Crippen molar-refractivity contribution in [3.05, 3.63) is 48.2 Å². The summed E-state index contributed by atoms with van der Waals surface area (Å²) in [5.74, 6) is 0.553. The highest BCUT2D eigenvalue weighted by Crippen LogP contribution is 2.32. The zero-order valence-electron chi connectivity index (χ0n) is 11.7. The summed E-state index contributed by atoms with van der Waals surface area (Å²) in [7, 11) is 0. The lowest BCUT2D eigenvalue weighted by molar-refractivity contribution is 0.738. The second-order valence-corrected chi connectivity index (χ2v) is 5.44. The molecule has 20 heavy (non-hydrogen) atoms. The Bertz CT molecular complexity index is 914. The summed E-state index contributed by atoms with van der Waals surface area (Å²) in [6.07, 6.45) is 3.20. The van der Waals surface area contributed by atoms with Gasteiger partial charge in [-0.25, -0.2) is 4.98 Å². The molecular formula is C17H17N3. The maximum Gasteiger partial charge on any atom is 0.143 e. The number of pyridine rings is 1. The number of para-hydroxylation sites is 1. The first-order valence-electron chi connectivity index (χ1n) is 7.17. The van der Waals surface area contributed by atoms with Crippen LogP contribution in [0.1, 0.15) is 31.7 Å². The van der Waals surface area contributed by atoms with Crippen molar-refractivity contribution in [3.8, 4) is 0 Å². The summed E-state index contributed by atoms with van der Waals surface area (Å²) in [5, 5.41) is 1.22. The van der Waals surface area contributed by atoms with E-state index in [1.54, 1.807) is 0 Å². The molecule has 1 N–H and O–H groups in total. The Morgan fingerprint density at radius 3 is 2.95 bits per heavy atom. The Balaban J connectivity index is 2.14. The van der Waals surface area contributed by atoms with Gasteiger partial charge in [0, 0.05) is 11.6 Å². The summed E-state index contributed by atoms with van der Waals surface area (Å²) in [6.45, 7) is 4.51. The number of fused-ring (bicyclic) bond motifs is 5. The Hall–Kier alpha value is -2.29. The van der Waals surface area contributed by atoms with E-state index in [4.69, 9.17) is 4.98 Å². The topological polar surface area (TPSA) is 33.1 Å². The third-order valence-electron chi connectivity index (χ3n) is 4.27. The molecule has 4 rings (SSSR count). The Morgan fingerprint density at radius 1 is 1.20 bits per heavy atom. The molecule has 0 spiro atoms. The van der Waals surface area contributed by atoms with Crippen molar-refractivity contribution in [3.63, 3.8) is 0 Å². The molecule has 0 radical (unpaired) electrons. The monoisotopic (exact) mass is 263 g/mol. The van der Waals surface area contributed by atoms with Gasteiger partial charge in [-0.2, -0.15) is 0 Å². The van der Waals surface area contributed by atoms with Gasteiger partial charge >= 0.3 is 0 Å². The van der Waals surface area contributed by atoms with Crippen LogP contribution in [0.5, 0.6) is 0 Å². The number of benzene rings is 1. The highest BCUT2D eigenvalue weighted by molar-refractivity contribution is 6.06. The summed E-state index contributed by atoms with van der Waals surface area (Å²) in [5.41, 5.74) is 5.76. The second kappa shape index (κ2) is 4.10. The molecule has 3 nitrogen and oxygen atoms in total. The van der Waals surface area contributed by atoms with Crippen LogP contribution in [-0.2, 0) is 0 Å². The molecule has 3 aromatic heterocycles. The van der Waals surface area contributed by atoms with Crippen molar-refractivity contribution in [2.45, 2.75) is 26.2 Å². The molecule has 3 heteroatoms. The van der Waals surface area contributed by atoms with Gasteiger partial charge in [0.15, 0.2) is 0 Å². The minimum Gasteiger partial charge on any atom is -0.339 e. The number of imidazole rings is 1. The van der Waals surface area contributed by atoms with Crippen molar-refractivity contribution < 1.29 is 0 Å². The van der Waals surface area contributed by atoms with E-state index in [0.29, 0.717) is 5.92 Å². The predicted molar refractivity (Wildman–Crippen MR) is 83.3 cm³/mol. The third-order valence-corrected chi connectivity index (χ3v) is 4.27. The van der Waals surface area contributed by atoms with Gasteiger partial charge in [-0.3, -0.25) is 4.40 Å². The summed E-state index contributed by atoms with van der Waals surface area (Å²) in [4.78, 5) is 8.35. The van der Waals surface area contributed by atoms with E-state index in [1.165, 1.54) is 16.5 Å². The Kier molecular flexibility index (Phi) is 2.36. The number of H-pyrrole nitrogens is 1. The molecule has 4 aromatic rings. The van der Waals surface area contributed by atoms with Gasteiger partial charge in [-0.15, -0.1) is 0 Å². The lowest BCUT2D eigenvalue weighted by Gasteiger charge is -2.09. The molecule has 0 saturated carbocycles. The largest absolute Gasteiger partial charge is 0.339 e. The van der Waals surface area contributed by atoms with E-state index < -0.39 is 0 Å². The summed E-state index contributed by atoms with van der Waals surface area (Å²) < 4.78 is 2.12. The molecule has 3 heterocycles. The molecule has 0 aliphatic carbocycles. The van der Waals surface area contributed by atoms with Crippen LogP contribution < -0.4 is 0 Å². The number of hydrogen-bond acceptors (Lipinski definition) is 1. The van der Waals surface area contributed by atoms with Crippen LogP contribution in [0.3, 0.4) is 0 Å². The van der Waals surface area contributed by atoms with Gasteiger partial charge < -0.3 is 4.98 Å². The zero-order valence-corrected chi connectivity index (χ0v) is 11.7. The minimum absolute atomic E-state index is 0.553. The maximum atomic E-state index is 4.76. The zero-order chi connectivity index (χ0) is 13.7. The summed E-state index contributed by atoms with van der Waals surface area (Å²) in [6, 6.07) is 12.6. The van der Waals surface area contributed by atoms with Crippen LogP contribution in [0, 0.1) is 0 Å². The van der Waals surface area contributed by atoms with Crippen LogP contribution in [0.4, 0.5) is 0 Å².